The van der Waals surface area contributed by atoms with Crippen LogP contribution in [0.3, 0.4) is 0 Å². The van der Waals surface area contributed by atoms with Crippen LogP contribution in [-0.2, 0) is 0 Å². The van der Waals surface area contributed by atoms with E-state index in [4.69, 9.17) is 27.9 Å². The highest BCUT2D eigenvalue weighted by atomic mass is 35.5. The molecule has 0 heterocycles. The van der Waals surface area contributed by atoms with Crippen molar-refractivity contribution < 1.29 is 15.2 Å². The molecule has 2 aromatic rings. The van der Waals surface area contributed by atoms with E-state index in [1.54, 1.807) is 18.2 Å². The first-order valence-electron chi connectivity index (χ1n) is 7.20. The van der Waals surface area contributed by atoms with E-state index >= 15 is 0 Å². The molecular weight excluding hydrogens is 321 g/mol. The summed E-state index contributed by atoms with van der Waals surface area (Å²) in [6.07, 6.45) is -0.571. The second-order valence-electron chi connectivity index (χ2n) is 5.21. The minimum Gasteiger partial charge on any atom is -0.489 e. The van der Waals surface area contributed by atoms with Gasteiger partial charge in [-0.3, -0.25) is 0 Å². The number of nitrogens with two attached hydrogens (primary N) is 1. The third-order valence-corrected chi connectivity index (χ3v) is 3.94. The van der Waals surface area contributed by atoms with Crippen molar-refractivity contribution in [2.75, 3.05) is 13.2 Å². The van der Waals surface area contributed by atoms with Gasteiger partial charge in [-0.05, 0) is 25.1 Å². The Hall–Kier alpha value is -1.26. The molecule has 0 aliphatic rings. The number of aliphatic hydroxyl groups is 1. The summed E-state index contributed by atoms with van der Waals surface area (Å²) in [4.78, 5) is 0. The lowest BCUT2D eigenvalue weighted by Crippen LogP contribution is -2.87. The smallest absolute Gasteiger partial charge is 0.138 e. The van der Waals surface area contributed by atoms with Gasteiger partial charge in [-0.1, -0.05) is 53.5 Å². The van der Waals surface area contributed by atoms with Crippen molar-refractivity contribution in [1.29, 1.82) is 0 Å². The number of benzene rings is 2. The van der Waals surface area contributed by atoms with Gasteiger partial charge in [0.2, 0.25) is 0 Å². The maximum Gasteiger partial charge on any atom is 0.138 e. The number of aliphatic hydroxyl groups excluding tert-OH is 1. The van der Waals surface area contributed by atoms with E-state index < -0.39 is 6.10 Å². The molecule has 0 aliphatic heterocycles. The van der Waals surface area contributed by atoms with Crippen LogP contribution in [0.25, 0.3) is 0 Å². The van der Waals surface area contributed by atoms with Crippen molar-refractivity contribution in [3.63, 3.8) is 0 Å². The Kier molecular flexibility index (Phi) is 6.52. The predicted molar refractivity (Wildman–Crippen MR) is 89.6 cm³/mol. The minimum atomic E-state index is -0.571. The molecule has 0 saturated heterocycles. The first kappa shape index (κ1) is 17.1. The van der Waals surface area contributed by atoms with Crippen molar-refractivity contribution in [3.05, 3.63) is 64.1 Å². The maximum atomic E-state index is 10.0. The standard InChI is InChI=1S/C17H19Cl2NO2/c1-12(13-5-3-2-4-6-13)20-10-15(21)11-22-17-8-7-14(18)9-16(17)19/h2-9,12,15,20-21H,10-11H2,1H3/p+1/t12-,15-/m1/s1. The van der Waals surface area contributed by atoms with Crippen LogP contribution < -0.4 is 10.1 Å². The Bertz CT molecular complexity index is 592. The van der Waals surface area contributed by atoms with E-state index in [-0.39, 0.29) is 12.6 Å². The van der Waals surface area contributed by atoms with Gasteiger partial charge in [0.1, 0.15) is 31.0 Å². The molecule has 5 heteroatoms. The molecule has 0 aromatic heterocycles. The van der Waals surface area contributed by atoms with Gasteiger partial charge in [0.15, 0.2) is 0 Å². The van der Waals surface area contributed by atoms with Crippen LogP contribution in [0.4, 0.5) is 0 Å². The monoisotopic (exact) mass is 340 g/mol. The number of halogens is 2. The number of quaternary nitrogens is 1. The molecule has 3 nitrogen and oxygen atoms in total. The van der Waals surface area contributed by atoms with Crippen LogP contribution in [0, 0.1) is 0 Å². The van der Waals surface area contributed by atoms with Crippen molar-refractivity contribution >= 4 is 23.2 Å². The summed E-state index contributed by atoms with van der Waals surface area (Å²) >= 11 is 11.8. The molecule has 3 N–H and O–H groups in total. The number of rotatable bonds is 7. The lowest BCUT2D eigenvalue weighted by Gasteiger charge is -2.15. The first-order valence-corrected chi connectivity index (χ1v) is 7.96. The molecule has 2 aromatic carbocycles. The average Bonchev–Trinajstić information content (AvgIpc) is 2.52. The largest absolute Gasteiger partial charge is 0.489 e. The fourth-order valence-corrected chi connectivity index (χ4v) is 2.56. The fraction of sp³-hybridized carbons (Fsp3) is 0.294. The molecule has 0 saturated carbocycles. The summed E-state index contributed by atoms with van der Waals surface area (Å²) in [5, 5.41) is 13.1. The highest BCUT2D eigenvalue weighted by Crippen LogP contribution is 2.27. The Labute approximate surface area is 140 Å². The number of ether oxygens (including phenoxy) is 1. The molecule has 0 radical (unpaired) electrons. The molecule has 0 fully saturated rings. The molecule has 118 valence electrons. The van der Waals surface area contributed by atoms with Gasteiger partial charge in [0, 0.05) is 10.6 Å². The zero-order valence-electron chi connectivity index (χ0n) is 12.4. The topological polar surface area (TPSA) is 46.1 Å². The normalized spacial score (nSPS) is 13.6. The molecule has 22 heavy (non-hydrogen) atoms. The van der Waals surface area contributed by atoms with Crippen LogP contribution in [0.5, 0.6) is 5.75 Å². The lowest BCUT2D eigenvalue weighted by molar-refractivity contribution is -0.698. The molecule has 2 atom stereocenters. The highest BCUT2D eigenvalue weighted by Gasteiger charge is 2.13. The maximum absolute atomic E-state index is 10.0. The first-order chi connectivity index (χ1) is 10.6. The van der Waals surface area contributed by atoms with Gasteiger partial charge < -0.3 is 15.2 Å². The Balaban J connectivity index is 1.77. The zero-order chi connectivity index (χ0) is 15.9. The van der Waals surface area contributed by atoms with Gasteiger partial charge in [0.25, 0.3) is 0 Å². The molecule has 0 aliphatic carbocycles. The van der Waals surface area contributed by atoms with E-state index in [2.05, 4.69) is 24.4 Å². The van der Waals surface area contributed by atoms with Crippen LogP contribution >= 0.6 is 23.2 Å². The van der Waals surface area contributed by atoms with Crippen LogP contribution in [0.2, 0.25) is 10.0 Å². The van der Waals surface area contributed by atoms with Crippen LogP contribution in [-0.4, -0.2) is 24.4 Å². The van der Waals surface area contributed by atoms with E-state index in [9.17, 15) is 5.11 Å². The second-order valence-corrected chi connectivity index (χ2v) is 6.05. The zero-order valence-corrected chi connectivity index (χ0v) is 13.9. The summed E-state index contributed by atoms with van der Waals surface area (Å²) < 4.78 is 5.53. The Morgan fingerprint density at radius 2 is 1.86 bits per heavy atom. The molecular formula is C17H20Cl2NO2+. The Morgan fingerprint density at radius 1 is 1.14 bits per heavy atom. The molecule has 0 unspecified atom stereocenters. The van der Waals surface area contributed by atoms with Crippen molar-refractivity contribution in [3.8, 4) is 5.75 Å². The predicted octanol–water partition coefficient (Wildman–Crippen LogP) is 3.06. The third-order valence-electron chi connectivity index (χ3n) is 3.41. The molecule has 0 amide bonds. The summed E-state index contributed by atoms with van der Waals surface area (Å²) in [7, 11) is 0. The van der Waals surface area contributed by atoms with Crippen LogP contribution in [0.1, 0.15) is 18.5 Å². The third kappa shape index (κ3) is 5.18. The van der Waals surface area contributed by atoms with E-state index in [1.165, 1.54) is 5.56 Å². The van der Waals surface area contributed by atoms with Gasteiger partial charge in [0.05, 0.1) is 5.02 Å². The Morgan fingerprint density at radius 3 is 2.55 bits per heavy atom. The van der Waals surface area contributed by atoms with Gasteiger partial charge in [-0.15, -0.1) is 0 Å². The summed E-state index contributed by atoms with van der Waals surface area (Å²) in [6.45, 7) is 2.86. The summed E-state index contributed by atoms with van der Waals surface area (Å²) in [5.74, 6) is 0.529. The average molecular weight is 341 g/mol. The van der Waals surface area contributed by atoms with E-state index in [1.807, 2.05) is 18.2 Å². The quantitative estimate of drug-likeness (QED) is 0.813. The van der Waals surface area contributed by atoms with Crippen molar-refractivity contribution in [2.24, 2.45) is 0 Å². The fourth-order valence-electron chi connectivity index (χ4n) is 2.10. The van der Waals surface area contributed by atoms with Gasteiger partial charge in [-0.25, -0.2) is 0 Å². The summed E-state index contributed by atoms with van der Waals surface area (Å²) in [6, 6.07) is 15.5. The van der Waals surface area contributed by atoms with E-state index in [0.29, 0.717) is 22.3 Å². The lowest BCUT2D eigenvalue weighted by atomic mass is 10.1. The molecule has 0 spiro atoms. The van der Waals surface area contributed by atoms with Gasteiger partial charge in [-0.2, -0.15) is 0 Å². The molecule has 2 rings (SSSR count). The molecule has 0 bridgehead atoms. The number of hydrogen-bond acceptors (Lipinski definition) is 2. The van der Waals surface area contributed by atoms with Crippen LogP contribution in [0.15, 0.2) is 48.5 Å². The highest BCUT2D eigenvalue weighted by molar-refractivity contribution is 6.35. The summed E-state index contributed by atoms with van der Waals surface area (Å²) in [5.41, 5.74) is 1.23. The SMILES string of the molecule is C[C@@H]([NH2+]C[C@@H](O)COc1ccc(Cl)cc1Cl)c1ccccc1. The second kappa shape index (κ2) is 8.39. The van der Waals surface area contributed by atoms with Gasteiger partial charge >= 0.3 is 0 Å². The van der Waals surface area contributed by atoms with E-state index in [0.717, 1.165) is 0 Å². The minimum absolute atomic E-state index is 0.194. The van der Waals surface area contributed by atoms with Crippen molar-refractivity contribution in [1.82, 2.24) is 0 Å². The van der Waals surface area contributed by atoms with Crippen molar-refractivity contribution in [2.45, 2.75) is 19.1 Å². The number of hydrogen-bond donors (Lipinski definition) is 2.